The molecule has 0 spiro atoms. The zero-order valence-electron chi connectivity index (χ0n) is 11.2. The third-order valence-electron chi connectivity index (χ3n) is 3.87. The van der Waals surface area contributed by atoms with Crippen LogP contribution in [0, 0.1) is 17.8 Å². The molecule has 1 saturated carbocycles. The van der Waals surface area contributed by atoms with E-state index in [4.69, 9.17) is 0 Å². The summed E-state index contributed by atoms with van der Waals surface area (Å²) in [5.74, 6) is 1.66. The van der Waals surface area contributed by atoms with Gasteiger partial charge >= 0.3 is 0 Å². The van der Waals surface area contributed by atoms with Crippen molar-refractivity contribution < 1.29 is 5.11 Å². The first-order valence-corrected chi connectivity index (χ1v) is 6.37. The molecular weight excluding hydrogens is 196 g/mol. The minimum Gasteiger partial charge on any atom is -0.390 e. The maximum atomic E-state index is 10.2. The SMILES string of the molecule is C=C/C(C)=C\[C@H]1C[C@H](C)CC[C@H]1C(C)(C)O. The van der Waals surface area contributed by atoms with Gasteiger partial charge in [0.15, 0.2) is 0 Å². The van der Waals surface area contributed by atoms with Crippen molar-refractivity contribution in [3.05, 3.63) is 24.3 Å². The van der Waals surface area contributed by atoms with E-state index in [0.717, 1.165) is 12.3 Å². The summed E-state index contributed by atoms with van der Waals surface area (Å²) in [6.45, 7) is 12.1. The maximum Gasteiger partial charge on any atom is 0.0625 e. The molecule has 1 aliphatic carbocycles. The molecule has 0 aliphatic heterocycles. The summed E-state index contributed by atoms with van der Waals surface area (Å²) in [7, 11) is 0. The molecule has 1 fully saturated rings. The Hall–Kier alpha value is -0.560. The van der Waals surface area contributed by atoms with Crippen molar-refractivity contribution >= 4 is 0 Å². The van der Waals surface area contributed by atoms with Crippen LogP contribution in [0.2, 0.25) is 0 Å². The molecule has 1 heteroatoms. The Bertz CT molecular complexity index is 270. The van der Waals surface area contributed by atoms with E-state index in [0.29, 0.717) is 11.8 Å². The van der Waals surface area contributed by atoms with Crippen molar-refractivity contribution in [2.24, 2.45) is 17.8 Å². The summed E-state index contributed by atoms with van der Waals surface area (Å²) in [5.41, 5.74) is 0.663. The molecule has 0 aromatic carbocycles. The van der Waals surface area contributed by atoms with Gasteiger partial charge in [-0.3, -0.25) is 0 Å². The van der Waals surface area contributed by atoms with E-state index < -0.39 is 5.60 Å². The van der Waals surface area contributed by atoms with Gasteiger partial charge in [-0.05, 0) is 51.4 Å². The Morgan fingerprint density at radius 1 is 1.38 bits per heavy atom. The van der Waals surface area contributed by atoms with Crippen molar-refractivity contribution in [1.82, 2.24) is 0 Å². The smallest absolute Gasteiger partial charge is 0.0625 e. The van der Waals surface area contributed by atoms with Crippen LogP contribution >= 0.6 is 0 Å². The molecule has 0 bridgehead atoms. The number of hydrogen-bond donors (Lipinski definition) is 1. The highest BCUT2D eigenvalue weighted by Crippen LogP contribution is 2.40. The Morgan fingerprint density at radius 3 is 2.50 bits per heavy atom. The predicted octanol–water partition coefficient (Wildman–Crippen LogP) is 3.94. The number of hydrogen-bond acceptors (Lipinski definition) is 1. The second-order valence-corrected chi connectivity index (χ2v) is 5.96. The fourth-order valence-corrected chi connectivity index (χ4v) is 2.89. The van der Waals surface area contributed by atoms with Crippen LogP contribution in [0.15, 0.2) is 24.3 Å². The fourth-order valence-electron chi connectivity index (χ4n) is 2.89. The molecule has 1 rings (SSSR count). The third kappa shape index (κ3) is 3.48. The van der Waals surface area contributed by atoms with Crippen molar-refractivity contribution in [3.8, 4) is 0 Å². The lowest BCUT2D eigenvalue weighted by atomic mass is 9.68. The minimum atomic E-state index is -0.567. The van der Waals surface area contributed by atoms with Gasteiger partial charge in [0.1, 0.15) is 0 Å². The molecule has 0 heterocycles. The zero-order valence-corrected chi connectivity index (χ0v) is 11.2. The van der Waals surface area contributed by atoms with Gasteiger partial charge in [0.2, 0.25) is 0 Å². The lowest BCUT2D eigenvalue weighted by Gasteiger charge is -2.40. The van der Waals surface area contributed by atoms with Gasteiger partial charge in [0, 0.05) is 0 Å². The van der Waals surface area contributed by atoms with Gasteiger partial charge in [-0.1, -0.05) is 37.6 Å². The summed E-state index contributed by atoms with van der Waals surface area (Å²) in [5, 5.41) is 10.2. The normalized spacial score (nSPS) is 32.6. The third-order valence-corrected chi connectivity index (χ3v) is 3.87. The maximum absolute atomic E-state index is 10.2. The molecule has 3 atom stereocenters. The highest BCUT2D eigenvalue weighted by atomic mass is 16.3. The van der Waals surface area contributed by atoms with Crippen molar-refractivity contribution in [3.63, 3.8) is 0 Å². The molecule has 0 aromatic rings. The standard InChI is InChI=1S/C15H26O/c1-6-11(2)9-13-10-12(3)7-8-14(13)15(4,5)16/h6,9,12-14,16H,1,7-8,10H2,2-5H3/b11-9-/t12-,13+,14-/m1/s1. The largest absolute Gasteiger partial charge is 0.390 e. The molecule has 0 saturated heterocycles. The lowest BCUT2D eigenvalue weighted by Crippen LogP contribution is -2.39. The molecule has 1 aliphatic rings. The molecule has 1 nitrogen and oxygen atoms in total. The summed E-state index contributed by atoms with van der Waals surface area (Å²) < 4.78 is 0. The molecular formula is C15H26O. The fraction of sp³-hybridized carbons (Fsp3) is 0.733. The number of aliphatic hydroxyl groups is 1. The van der Waals surface area contributed by atoms with Crippen LogP contribution in [0.1, 0.15) is 47.0 Å². The predicted molar refractivity (Wildman–Crippen MR) is 70.2 cm³/mol. The van der Waals surface area contributed by atoms with Gasteiger partial charge in [0.05, 0.1) is 5.60 Å². The average Bonchev–Trinajstić information content (AvgIpc) is 2.15. The van der Waals surface area contributed by atoms with Crippen molar-refractivity contribution in [2.45, 2.75) is 52.6 Å². The van der Waals surface area contributed by atoms with Crippen LogP contribution in [0.4, 0.5) is 0 Å². The van der Waals surface area contributed by atoms with E-state index in [1.807, 2.05) is 19.9 Å². The molecule has 16 heavy (non-hydrogen) atoms. The Kier molecular flexibility index (Phi) is 4.37. The summed E-state index contributed by atoms with van der Waals surface area (Å²) in [6, 6.07) is 0. The molecule has 0 unspecified atom stereocenters. The minimum absolute atomic E-state index is 0.388. The highest BCUT2D eigenvalue weighted by molar-refractivity contribution is 5.15. The second kappa shape index (κ2) is 5.18. The van der Waals surface area contributed by atoms with Crippen molar-refractivity contribution in [2.75, 3.05) is 0 Å². The van der Waals surface area contributed by atoms with E-state index >= 15 is 0 Å². The van der Waals surface area contributed by atoms with Gasteiger partial charge < -0.3 is 5.11 Å². The molecule has 0 aromatic heterocycles. The molecule has 0 amide bonds. The first kappa shape index (κ1) is 13.5. The van der Waals surface area contributed by atoms with Gasteiger partial charge in [-0.25, -0.2) is 0 Å². The molecule has 0 radical (unpaired) electrons. The van der Waals surface area contributed by atoms with E-state index in [9.17, 15) is 5.11 Å². The molecule has 92 valence electrons. The highest BCUT2D eigenvalue weighted by Gasteiger charge is 2.36. The summed E-state index contributed by atoms with van der Waals surface area (Å²) >= 11 is 0. The quantitative estimate of drug-likeness (QED) is 0.717. The topological polar surface area (TPSA) is 20.2 Å². The Morgan fingerprint density at radius 2 is 2.00 bits per heavy atom. The van der Waals surface area contributed by atoms with Gasteiger partial charge in [-0.2, -0.15) is 0 Å². The zero-order chi connectivity index (χ0) is 12.3. The number of rotatable bonds is 3. The van der Waals surface area contributed by atoms with Crippen LogP contribution < -0.4 is 0 Å². The Balaban J connectivity index is 2.85. The van der Waals surface area contributed by atoms with E-state index in [1.165, 1.54) is 18.4 Å². The Labute approximate surface area is 100 Å². The molecule has 1 N–H and O–H groups in total. The van der Waals surface area contributed by atoms with Crippen LogP contribution in [0.3, 0.4) is 0 Å². The second-order valence-electron chi connectivity index (χ2n) is 5.96. The monoisotopic (exact) mass is 222 g/mol. The van der Waals surface area contributed by atoms with Crippen LogP contribution in [0.5, 0.6) is 0 Å². The number of allylic oxidation sites excluding steroid dienone is 3. The van der Waals surface area contributed by atoms with E-state index in [-0.39, 0.29) is 0 Å². The van der Waals surface area contributed by atoms with Gasteiger partial charge in [-0.15, -0.1) is 0 Å². The summed E-state index contributed by atoms with van der Waals surface area (Å²) in [6.07, 6.45) is 7.77. The van der Waals surface area contributed by atoms with Crippen molar-refractivity contribution in [1.29, 1.82) is 0 Å². The van der Waals surface area contributed by atoms with Crippen LogP contribution in [0.25, 0.3) is 0 Å². The lowest BCUT2D eigenvalue weighted by molar-refractivity contribution is -0.0235. The summed E-state index contributed by atoms with van der Waals surface area (Å²) in [4.78, 5) is 0. The first-order valence-electron chi connectivity index (χ1n) is 6.37. The van der Waals surface area contributed by atoms with Gasteiger partial charge in [0.25, 0.3) is 0 Å². The average molecular weight is 222 g/mol. The van der Waals surface area contributed by atoms with E-state index in [1.54, 1.807) is 0 Å². The first-order chi connectivity index (χ1) is 7.34. The van der Waals surface area contributed by atoms with E-state index in [2.05, 4.69) is 26.5 Å². The van der Waals surface area contributed by atoms with Crippen LogP contribution in [-0.2, 0) is 0 Å². The van der Waals surface area contributed by atoms with Crippen LogP contribution in [-0.4, -0.2) is 10.7 Å².